The van der Waals surface area contributed by atoms with Crippen molar-refractivity contribution in [3.05, 3.63) is 48.0 Å². The van der Waals surface area contributed by atoms with Crippen LogP contribution >= 0.6 is 11.8 Å². The molecule has 144 valence electrons. The maximum Gasteiger partial charge on any atom is 0.0456 e. The van der Waals surface area contributed by atoms with Gasteiger partial charge in [0, 0.05) is 10.00 Å². The topological polar surface area (TPSA) is 0 Å². The van der Waals surface area contributed by atoms with Crippen LogP contribution in [0, 0.1) is 34.5 Å². The Labute approximate surface area is 169 Å². The van der Waals surface area contributed by atoms with Gasteiger partial charge in [-0.05, 0) is 91.4 Å². The second kappa shape index (κ2) is 5.68. The number of hydrogen-bond acceptors (Lipinski definition) is 1. The maximum atomic E-state index is 2.71. The summed E-state index contributed by atoms with van der Waals surface area (Å²) in [5, 5.41) is 0.773. The Kier molecular flexibility index (Phi) is 3.62. The van der Waals surface area contributed by atoms with Crippen molar-refractivity contribution in [1.82, 2.24) is 0 Å². The molecule has 1 aliphatic heterocycles. The molecule has 1 saturated heterocycles. The Morgan fingerprint density at radius 2 is 1.70 bits per heavy atom. The van der Waals surface area contributed by atoms with Gasteiger partial charge < -0.3 is 0 Å². The Bertz CT molecular complexity index is 768. The van der Waals surface area contributed by atoms with E-state index in [0.29, 0.717) is 15.6 Å². The summed E-state index contributed by atoms with van der Waals surface area (Å²) < 4.78 is 0.564. The third-order valence-electron chi connectivity index (χ3n) is 10.1. The molecule has 6 rings (SSSR count). The average molecular weight is 379 g/mol. The first-order valence-electron chi connectivity index (χ1n) is 11.5. The number of fused-ring (bicyclic) bond motifs is 6. The monoisotopic (exact) mass is 378 g/mol. The van der Waals surface area contributed by atoms with Crippen LogP contribution in [0.2, 0.25) is 0 Å². The first-order valence-corrected chi connectivity index (χ1v) is 12.4. The van der Waals surface area contributed by atoms with Crippen LogP contribution in [0.5, 0.6) is 0 Å². The fourth-order valence-corrected chi connectivity index (χ4v) is 10.6. The van der Waals surface area contributed by atoms with E-state index in [2.05, 4.69) is 68.1 Å². The van der Waals surface area contributed by atoms with Gasteiger partial charge in [-0.2, -0.15) is 0 Å². The average Bonchev–Trinajstić information content (AvgIpc) is 3.36. The van der Waals surface area contributed by atoms with Gasteiger partial charge in [-0.1, -0.05) is 56.3 Å². The zero-order chi connectivity index (χ0) is 18.3. The van der Waals surface area contributed by atoms with E-state index in [1.165, 1.54) is 51.4 Å². The smallest absolute Gasteiger partial charge is 0.0456 e. The lowest BCUT2D eigenvalue weighted by molar-refractivity contribution is -0.0845. The Hall–Kier alpha value is -0.690. The molecule has 0 radical (unpaired) electrons. The lowest BCUT2D eigenvalue weighted by Gasteiger charge is -2.59. The number of rotatable bonds is 1. The second-order valence-corrected chi connectivity index (χ2v) is 12.3. The van der Waals surface area contributed by atoms with E-state index in [-0.39, 0.29) is 0 Å². The summed E-state index contributed by atoms with van der Waals surface area (Å²) in [6, 6.07) is 11.4. The van der Waals surface area contributed by atoms with Crippen molar-refractivity contribution in [2.75, 3.05) is 0 Å². The summed E-state index contributed by atoms with van der Waals surface area (Å²) in [4.78, 5) is 0. The molecule has 27 heavy (non-hydrogen) atoms. The van der Waals surface area contributed by atoms with E-state index in [4.69, 9.17) is 0 Å². The molecule has 8 atom stereocenters. The zero-order valence-electron chi connectivity index (χ0n) is 17.0. The highest BCUT2D eigenvalue weighted by atomic mass is 32.2. The van der Waals surface area contributed by atoms with Crippen LogP contribution in [0.4, 0.5) is 0 Å². The molecule has 0 bridgehead atoms. The molecule has 8 unspecified atom stereocenters. The SMILES string of the molecule is CC12CCC=CC1CCC1C2CCC2(C)C1CCC21SC1c1ccccc1. The molecule has 0 aromatic heterocycles. The van der Waals surface area contributed by atoms with Crippen LogP contribution in [-0.4, -0.2) is 4.75 Å². The van der Waals surface area contributed by atoms with E-state index in [9.17, 15) is 0 Å². The fraction of sp³-hybridized carbons (Fsp3) is 0.692. The van der Waals surface area contributed by atoms with E-state index in [0.717, 1.165) is 28.9 Å². The standard InChI is InChI=1S/C26H34S/c1-24-15-7-6-10-19(24)11-12-20-21(24)13-16-25(2)22(20)14-17-26(25)23(27-26)18-8-4-3-5-9-18/h3-6,8-10,19-23H,7,11-17H2,1-2H3. The van der Waals surface area contributed by atoms with Crippen LogP contribution in [0.25, 0.3) is 0 Å². The summed E-state index contributed by atoms with van der Waals surface area (Å²) in [5.74, 6) is 3.86. The summed E-state index contributed by atoms with van der Waals surface area (Å²) in [6.07, 6.45) is 16.8. The quantitative estimate of drug-likeness (QED) is 0.362. The third kappa shape index (κ3) is 2.13. The van der Waals surface area contributed by atoms with Crippen LogP contribution in [-0.2, 0) is 0 Å². The molecule has 4 fully saturated rings. The molecule has 4 aliphatic carbocycles. The van der Waals surface area contributed by atoms with Crippen molar-refractivity contribution >= 4 is 11.8 Å². The predicted molar refractivity (Wildman–Crippen MR) is 116 cm³/mol. The molecule has 1 aromatic rings. The van der Waals surface area contributed by atoms with Crippen molar-refractivity contribution in [3.8, 4) is 0 Å². The van der Waals surface area contributed by atoms with Crippen LogP contribution in [0.15, 0.2) is 42.5 Å². The van der Waals surface area contributed by atoms with Gasteiger partial charge >= 0.3 is 0 Å². The van der Waals surface area contributed by atoms with Crippen LogP contribution in [0.1, 0.15) is 76.0 Å². The highest BCUT2D eigenvalue weighted by molar-refractivity contribution is 8.08. The molecule has 1 spiro atoms. The Morgan fingerprint density at radius 1 is 0.889 bits per heavy atom. The Balaban J connectivity index is 1.31. The summed E-state index contributed by atoms with van der Waals surface area (Å²) in [7, 11) is 0. The highest BCUT2D eigenvalue weighted by Gasteiger charge is 2.73. The molecular formula is C26H34S. The molecule has 0 N–H and O–H groups in total. The van der Waals surface area contributed by atoms with E-state index in [1.54, 1.807) is 5.56 Å². The molecule has 1 heteroatoms. The predicted octanol–water partition coefficient (Wildman–Crippen LogP) is 7.42. The van der Waals surface area contributed by atoms with Crippen molar-refractivity contribution in [1.29, 1.82) is 0 Å². The van der Waals surface area contributed by atoms with Crippen molar-refractivity contribution in [2.24, 2.45) is 34.5 Å². The second-order valence-electron chi connectivity index (χ2n) is 10.8. The minimum atomic E-state index is 0.564. The summed E-state index contributed by atoms with van der Waals surface area (Å²) in [5.41, 5.74) is 2.77. The van der Waals surface area contributed by atoms with Crippen molar-refractivity contribution in [2.45, 2.75) is 75.2 Å². The minimum Gasteiger partial charge on any atom is -0.143 e. The minimum absolute atomic E-state index is 0.564. The van der Waals surface area contributed by atoms with Crippen LogP contribution in [0.3, 0.4) is 0 Å². The van der Waals surface area contributed by atoms with Crippen LogP contribution < -0.4 is 0 Å². The van der Waals surface area contributed by atoms with Gasteiger partial charge in [0.15, 0.2) is 0 Å². The largest absolute Gasteiger partial charge is 0.143 e. The normalized spacial score (nSPS) is 52.9. The molecule has 0 amide bonds. The molecule has 0 nitrogen and oxygen atoms in total. The number of allylic oxidation sites excluding steroid dienone is 2. The van der Waals surface area contributed by atoms with Gasteiger partial charge in [-0.15, -0.1) is 11.8 Å². The zero-order valence-corrected chi connectivity index (χ0v) is 17.8. The molecule has 1 aromatic carbocycles. The summed E-state index contributed by atoms with van der Waals surface area (Å²) >= 11 is 2.33. The van der Waals surface area contributed by atoms with Crippen molar-refractivity contribution in [3.63, 3.8) is 0 Å². The first-order chi connectivity index (χ1) is 13.1. The van der Waals surface area contributed by atoms with Gasteiger partial charge in [0.1, 0.15) is 0 Å². The number of hydrogen-bond donors (Lipinski definition) is 0. The highest BCUT2D eigenvalue weighted by Crippen LogP contribution is 2.83. The lowest BCUT2D eigenvalue weighted by atomic mass is 9.45. The lowest BCUT2D eigenvalue weighted by Crippen LogP contribution is -2.53. The maximum absolute atomic E-state index is 2.71. The first kappa shape index (κ1) is 17.2. The molecule has 3 saturated carbocycles. The van der Waals surface area contributed by atoms with Crippen molar-refractivity contribution < 1.29 is 0 Å². The van der Waals surface area contributed by atoms with Gasteiger partial charge in [0.05, 0.1) is 0 Å². The third-order valence-corrected chi connectivity index (χ3v) is 12.1. The molecule has 5 aliphatic rings. The summed E-state index contributed by atoms with van der Waals surface area (Å²) in [6.45, 7) is 5.38. The van der Waals surface area contributed by atoms with Gasteiger partial charge in [0.25, 0.3) is 0 Å². The number of thioether (sulfide) groups is 1. The van der Waals surface area contributed by atoms with Gasteiger partial charge in [-0.25, -0.2) is 0 Å². The van der Waals surface area contributed by atoms with E-state index < -0.39 is 0 Å². The van der Waals surface area contributed by atoms with Gasteiger partial charge in [0.2, 0.25) is 0 Å². The fourth-order valence-electron chi connectivity index (χ4n) is 8.63. The molecule has 1 heterocycles. The van der Waals surface area contributed by atoms with E-state index in [1.807, 2.05) is 0 Å². The van der Waals surface area contributed by atoms with E-state index >= 15 is 0 Å². The molecular weight excluding hydrogens is 344 g/mol. The Morgan fingerprint density at radius 3 is 2.56 bits per heavy atom. The number of benzene rings is 1. The van der Waals surface area contributed by atoms with Gasteiger partial charge in [-0.3, -0.25) is 0 Å².